The summed E-state index contributed by atoms with van der Waals surface area (Å²) in [6.07, 6.45) is 9.41. The molecule has 1 aliphatic carbocycles. The summed E-state index contributed by atoms with van der Waals surface area (Å²) < 4.78 is 26.2. The van der Waals surface area contributed by atoms with E-state index in [1.54, 1.807) is 17.5 Å². The third kappa shape index (κ3) is 6.28. The van der Waals surface area contributed by atoms with Crippen molar-refractivity contribution in [1.82, 2.24) is 25.1 Å². The van der Waals surface area contributed by atoms with Crippen molar-refractivity contribution in [1.29, 1.82) is 0 Å². The van der Waals surface area contributed by atoms with E-state index in [1.807, 2.05) is 6.92 Å². The number of hydrogen-bond acceptors (Lipinski definition) is 7. The highest BCUT2D eigenvalue weighted by molar-refractivity contribution is 7.13. The normalized spacial score (nSPS) is 24.0. The molecule has 2 aromatic heterocycles. The molecule has 0 spiro atoms. The van der Waals surface area contributed by atoms with Gasteiger partial charge in [0.2, 0.25) is 5.91 Å². The van der Waals surface area contributed by atoms with E-state index >= 15 is 0 Å². The second-order valence-corrected chi connectivity index (χ2v) is 12.7. The van der Waals surface area contributed by atoms with Crippen molar-refractivity contribution in [3.05, 3.63) is 31.7 Å². The first-order valence-electron chi connectivity index (χ1n) is 12.8. The van der Waals surface area contributed by atoms with Gasteiger partial charge >= 0.3 is 0 Å². The van der Waals surface area contributed by atoms with Crippen molar-refractivity contribution in [2.75, 3.05) is 32.7 Å². The summed E-state index contributed by atoms with van der Waals surface area (Å²) in [6.45, 7) is 3.86. The molecule has 4 heterocycles. The van der Waals surface area contributed by atoms with Crippen LogP contribution < -0.4 is 5.32 Å². The molecule has 2 amide bonds. The number of aryl methyl sites for hydroxylation is 1. The lowest BCUT2D eigenvalue weighted by atomic mass is 9.84. The first kappa shape index (κ1) is 25.7. The minimum atomic E-state index is -2.75. The van der Waals surface area contributed by atoms with E-state index in [1.165, 1.54) is 16.2 Å². The molecular weight excluding hydrogens is 504 g/mol. The Morgan fingerprint density at radius 3 is 2.58 bits per heavy atom. The fourth-order valence-electron chi connectivity index (χ4n) is 5.40. The van der Waals surface area contributed by atoms with Gasteiger partial charge in [-0.05, 0) is 57.9 Å². The van der Waals surface area contributed by atoms with Gasteiger partial charge in [0.05, 0.1) is 30.2 Å². The van der Waals surface area contributed by atoms with Crippen LogP contribution in [0, 0.1) is 12.8 Å². The van der Waals surface area contributed by atoms with E-state index in [-0.39, 0.29) is 17.9 Å². The highest BCUT2D eigenvalue weighted by atomic mass is 32.1. The summed E-state index contributed by atoms with van der Waals surface area (Å²) in [5.41, 5.74) is 0.961. The van der Waals surface area contributed by atoms with Gasteiger partial charge in [-0.3, -0.25) is 9.59 Å². The second-order valence-electron chi connectivity index (χ2n) is 10.3. The molecule has 0 aromatic carbocycles. The zero-order valence-corrected chi connectivity index (χ0v) is 22.2. The summed E-state index contributed by atoms with van der Waals surface area (Å²) in [5.74, 6) is -2.32. The first-order chi connectivity index (χ1) is 17.2. The van der Waals surface area contributed by atoms with E-state index in [2.05, 4.69) is 20.2 Å². The number of carbonyl (C=O) groups excluding carboxylic acids is 2. The van der Waals surface area contributed by atoms with Crippen molar-refractivity contribution in [3.63, 3.8) is 0 Å². The molecule has 2 fully saturated rings. The number of thiazole rings is 2. The van der Waals surface area contributed by atoms with Crippen molar-refractivity contribution in [3.8, 4) is 0 Å². The van der Waals surface area contributed by atoms with Crippen molar-refractivity contribution in [2.24, 2.45) is 5.92 Å². The van der Waals surface area contributed by atoms with Crippen LogP contribution >= 0.6 is 22.7 Å². The van der Waals surface area contributed by atoms with Gasteiger partial charge in [-0.15, -0.1) is 22.7 Å². The summed E-state index contributed by atoms with van der Waals surface area (Å²) in [4.78, 5) is 39.3. The molecule has 0 bridgehead atoms. The number of likely N-dealkylation sites (tertiary alicyclic amines) is 1. The Hall–Kier alpha value is -1.98. The number of nitrogens with one attached hydrogen (secondary N) is 1. The van der Waals surface area contributed by atoms with E-state index < -0.39 is 19.0 Å². The van der Waals surface area contributed by atoms with Gasteiger partial charge in [-0.25, -0.2) is 18.7 Å². The first-order valence-corrected chi connectivity index (χ1v) is 14.5. The van der Waals surface area contributed by atoms with E-state index in [0.29, 0.717) is 17.3 Å². The number of rotatable bonds is 7. The highest BCUT2D eigenvalue weighted by Gasteiger charge is 2.47. The van der Waals surface area contributed by atoms with Crippen LogP contribution in [-0.2, 0) is 24.1 Å². The zero-order chi connectivity index (χ0) is 25.3. The van der Waals surface area contributed by atoms with Gasteiger partial charge in [0, 0.05) is 41.5 Å². The average molecular weight is 538 g/mol. The lowest BCUT2D eigenvalue weighted by Gasteiger charge is -2.38. The molecule has 0 radical (unpaired) electrons. The van der Waals surface area contributed by atoms with Crippen LogP contribution in [0.1, 0.15) is 62.4 Å². The smallest absolute Gasteiger partial charge is 0.283 e. The zero-order valence-electron chi connectivity index (χ0n) is 20.6. The maximum atomic E-state index is 13.1. The Labute approximate surface area is 218 Å². The Bertz CT molecular complexity index is 1060. The fourth-order valence-corrected chi connectivity index (χ4v) is 7.26. The molecule has 7 nitrogen and oxygen atoms in total. The summed E-state index contributed by atoms with van der Waals surface area (Å²) >= 11 is 2.96. The molecule has 196 valence electrons. The Morgan fingerprint density at radius 1 is 1.14 bits per heavy atom. The highest BCUT2D eigenvalue weighted by Crippen LogP contribution is 2.31. The van der Waals surface area contributed by atoms with E-state index in [9.17, 15) is 18.4 Å². The number of alkyl halides is 2. The number of halogens is 2. The third-order valence-electron chi connectivity index (χ3n) is 7.48. The molecule has 2 aromatic rings. The largest absolute Gasteiger partial charge is 0.353 e. The number of fused-ring (bicyclic) bond motifs is 1. The topological polar surface area (TPSA) is 78.4 Å². The minimum absolute atomic E-state index is 0.0976. The number of aromatic nitrogens is 2. The predicted octanol–water partition coefficient (Wildman–Crippen LogP) is 3.71. The van der Waals surface area contributed by atoms with Gasteiger partial charge < -0.3 is 15.1 Å². The molecule has 2 aliphatic heterocycles. The number of amides is 2. The molecule has 1 saturated heterocycles. The van der Waals surface area contributed by atoms with Gasteiger partial charge in [-0.1, -0.05) is 0 Å². The van der Waals surface area contributed by atoms with Crippen molar-refractivity contribution in [2.45, 2.75) is 70.3 Å². The fraction of sp³-hybridized carbons (Fsp3) is 0.680. The van der Waals surface area contributed by atoms with Crippen LogP contribution in [0.25, 0.3) is 0 Å². The molecule has 11 heteroatoms. The molecule has 1 saturated carbocycles. The Kier molecular flexibility index (Phi) is 7.69. The Balaban J connectivity index is 1.01. The summed E-state index contributed by atoms with van der Waals surface area (Å²) in [5, 5.41) is 4.56. The molecule has 0 unspecified atom stereocenters. The molecule has 0 atom stereocenters. The quantitative estimate of drug-likeness (QED) is 0.583. The molecule has 3 aliphatic rings. The maximum absolute atomic E-state index is 13.1. The van der Waals surface area contributed by atoms with Crippen LogP contribution in [0.4, 0.5) is 8.78 Å². The van der Waals surface area contributed by atoms with Crippen molar-refractivity contribution >= 4 is 34.5 Å². The van der Waals surface area contributed by atoms with E-state index in [4.69, 9.17) is 0 Å². The van der Waals surface area contributed by atoms with Crippen LogP contribution in [-0.4, -0.2) is 76.3 Å². The minimum Gasteiger partial charge on any atom is -0.353 e. The third-order valence-corrected chi connectivity index (χ3v) is 9.54. The van der Waals surface area contributed by atoms with Crippen LogP contribution in [0.2, 0.25) is 0 Å². The lowest BCUT2D eigenvalue weighted by Crippen LogP contribution is -2.58. The van der Waals surface area contributed by atoms with E-state index in [0.717, 1.165) is 85.0 Å². The van der Waals surface area contributed by atoms with Crippen molar-refractivity contribution < 1.29 is 18.4 Å². The lowest BCUT2D eigenvalue weighted by molar-refractivity contribution is -0.121. The van der Waals surface area contributed by atoms with Crippen LogP contribution in [0.15, 0.2) is 6.20 Å². The van der Waals surface area contributed by atoms with Gasteiger partial charge in [0.15, 0.2) is 5.01 Å². The molecule has 1 N–H and O–H groups in total. The predicted molar refractivity (Wildman–Crippen MR) is 136 cm³/mol. The Morgan fingerprint density at radius 2 is 1.89 bits per heavy atom. The SMILES string of the molecule is Cc1ncc(CC(=O)NC2CCC(CCN3CCc4nc(C(=O)N5CC(F)(F)C5)sc4CC3)CC2)s1. The number of nitrogens with zero attached hydrogens (tertiary/aromatic N) is 4. The number of carbonyl (C=O) groups is 2. The van der Waals surface area contributed by atoms with Crippen LogP contribution in [0.5, 0.6) is 0 Å². The van der Waals surface area contributed by atoms with Gasteiger partial charge in [-0.2, -0.15) is 0 Å². The standard InChI is InChI=1S/C25H33F2N5O2S2/c1-16-28-13-19(35-16)12-22(33)29-18-4-2-17(3-5-18)6-9-31-10-7-20-21(8-11-31)36-23(30-20)24(34)32-14-25(26,27)15-32/h13,17-18H,2-12,14-15H2,1H3,(H,29,33). The summed E-state index contributed by atoms with van der Waals surface area (Å²) in [7, 11) is 0. The monoisotopic (exact) mass is 537 g/mol. The van der Waals surface area contributed by atoms with Gasteiger partial charge in [0.25, 0.3) is 11.8 Å². The van der Waals surface area contributed by atoms with Crippen LogP contribution in [0.3, 0.4) is 0 Å². The molecule has 5 rings (SSSR count). The second kappa shape index (κ2) is 10.8. The summed E-state index contributed by atoms with van der Waals surface area (Å²) in [6, 6.07) is 0.280. The number of hydrogen-bond donors (Lipinski definition) is 1. The van der Waals surface area contributed by atoms with Gasteiger partial charge in [0.1, 0.15) is 0 Å². The maximum Gasteiger partial charge on any atom is 0.283 e. The molecule has 36 heavy (non-hydrogen) atoms. The average Bonchev–Trinajstić information content (AvgIpc) is 3.37. The molecular formula is C25H33F2N5O2S2.